The summed E-state index contributed by atoms with van der Waals surface area (Å²) < 4.78 is 26.6. The third kappa shape index (κ3) is 3.55. The van der Waals surface area contributed by atoms with Crippen molar-refractivity contribution in [3.63, 3.8) is 0 Å². The van der Waals surface area contributed by atoms with Gasteiger partial charge in [0.15, 0.2) is 0 Å². The van der Waals surface area contributed by atoms with E-state index in [0.717, 1.165) is 17.2 Å². The van der Waals surface area contributed by atoms with E-state index in [2.05, 4.69) is 5.32 Å². The summed E-state index contributed by atoms with van der Waals surface area (Å²) in [5.41, 5.74) is 1.85. The average Bonchev–Trinajstić information content (AvgIpc) is 2.56. The molecule has 0 fully saturated rings. The van der Waals surface area contributed by atoms with Crippen LogP contribution in [0.25, 0.3) is 0 Å². The number of nitro benzene ring substituents is 1. The molecule has 24 heavy (non-hydrogen) atoms. The van der Waals surface area contributed by atoms with Gasteiger partial charge in [0.25, 0.3) is 5.69 Å². The molecular weight excluding hydrogens is 330 g/mol. The molecule has 0 unspecified atom stereocenters. The van der Waals surface area contributed by atoms with Gasteiger partial charge in [0.1, 0.15) is 5.69 Å². The summed E-state index contributed by atoms with van der Waals surface area (Å²) in [6.45, 7) is 2.10. The Kier molecular flexibility index (Phi) is 5.20. The van der Waals surface area contributed by atoms with E-state index in [4.69, 9.17) is 0 Å². The predicted molar refractivity (Wildman–Crippen MR) is 92.5 cm³/mol. The van der Waals surface area contributed by atoms with Gasteiger partial charge in [-0.1, -0.05) is 24.3 Å². The van der Waals surface area contributed by atoms with Gasteiger partial charge in [-0.25, -0.2) is 8.42 Å². The molecule has 2 aromatic carbocycles. The smallest absolute Gasteiger partial charge is 0.293 e. The van der Waals surface area contributed by atoms with E-state index in [1.54, 1.807) is 7.05 Å². The number of benzene rings is 2. The van der Waals surface area contributed by atoms with Crippen molar-refractivity contribution >= 4 is 21.4 Å². The molecule has 0 bridgehead atoms. The summed E-state index contributed by atoms with van der Waals surface area (Å²) in [5.74, 6) is 0. The average molecular weight is 349 g/mol. The van der Waals surface area contributed by atoms with E-state index in [9.17, 15) is 18.5 Å². The summed E-state index contributed by atoms with van der Waals surface area (Å²) in [6.07, 6.45) is 0. The first-order valence-corrected chi connectivity index (χ1v) is 8.68. The van der Waals surface area contributed by atoms with E-state index in [1.807, 2.05) is 31.2 Å². The van der Waals surface area contributed by atoms with E-state index in [0.29, 0.717) is 0 Å². The van der Waals surface area contributed by atoms with Crippen LogP contribution in [0.1, 0.15) is 11.1 Å². The number of aryl methyl sites for hydroxylation is 1. The number of nitrogens with one attached hydrogen (secondary N) is 1. The first-order chi connectivity index (χ1) is 11.3. The fourth-order valence-electron chi connectivity index (χ4n) is 2.33. The highest BCUT2D eigenvalue weighted by atomic mass is 32.2. The Morgan fingerprint density at radius 2 is 1.88 bits per heavy atom. The molecule has 0 spiro atoms. The van der Waals surface area contributed by atoms with E-state index < -0.39 is 14.9 Å². The molecule has 0 aromatic heterocycles. The molecule has 0 amide bonds. The maximum absolute atomic E-state index is 12.7. The lowest BCUT2D eigenvalue weighted by molar-refractivity contribution is -0.384. The number of nitrogens with zero attached hydrogens (tertiary/aromatic N) is 2. The zero-order valence-electron chi connectivity index (χ0n) is 13.7. The molecule has 2 aromatic rings. The topological polar surface area (TPSA) is 92.6 Å². The summed E-state index contributed by atoms with van der Waals surface area (Å²) in [4.78, 5) is 10.4. The van der Waals surface area contributed by atoms with Crippen molar-refractivity contribution in [2.45, 2.75) is 18.4 Å². The number of hydrogen-bond acceptors (Lipinski definition) is 5. The molecule has 0 atom stereocenters. The van der Waals surface area contributed by atoms with Crippen LogP contribution in [0.15, 0.2) is 47.4 Å². The molecule has 8 heteroatoms. The number of sulfonamides is 1. The van der Waals surface area contributed by atoms with Crippen LogP contribution in [0.4, 0.5) is 11.4 Å². The highest BCUT2D eigenvalue weighted by Gasteiger charge is 2.25. The van der Waals surface area contributed by atoms with Gasteiger partial charge >= 0.3 is 0 Å². The van der Waals surface area contributed by atoms with Gasteiger partial charge < -0.3 is 5.32 Å². The lowest BCUT2D eigenvalue weighted by Crippen LogP contribution is -2.27. The largest absolute Gasteiger partial charge is 0.383 e. The van der Waals surface area contributed by atoms with Crippen LogP contribution in [0.2, 0.25) is 0 Å². The van der Waals surface area contributed by atoms with Crippen molar-refractivity contribution in [1.29, 1.82) is 0 Å². The quantitative estimate of drug-likeness (QED) is 0.639. The Balaban J connectivity index is 2.38. The summed E-state index contributed by atoms with van der Waals surface area (Å²) in [5, 5.41) is 13.8. The lowest BCUT2D eigenvalue weighted by Gasteiger charge is -2.18. The van der Waals surface area contributed by atoms with Gasteiger partial charge in [-0.2, -0.15) is 4.31 Å². The van der Waals surface area contributed by atoms with Gasteiger partial charge in [0.2, 0.25) is 10.0 Å². The molecule has 0 aliphatic heterocycles. The molecular formula is C16H19N3O4S. The third-order valence-corrected chi connectivity index (χ3v) is 5.60. The Hall–Kier alpha value is -2.45. The second kappa shape index (κ2) is 6.98. The lowest BCUT2D eigenvalue weighted by atomic mass is 10.1. The first-order valence-electron chi connectivity index (χ1n) is 7.24. The zero-order chi connectivity index (χ0) is 17.9. The molecule has 0 saturated heterocycles. The number of nitro groups is 1. The van der Waals surface area contributed by atoms with Gasteiger partial charge in [-0.15, -0.1) is 0 Å². The Labute approximate surface area is 141 Å². The van der Waals surface area contributed by atoms with Crippen molar-refractivity contribution in [2.24, 2.45) is 0 Å². The second-order valence-corrected chi connectivity index (χ2v) is 7.42. The molecule has 0 aliphatic rings. The van der Waals surface area contributed by atoms with Crippen LogP contribution in [0.3, 0.4) is 0 Å². The monoisotopic (exact) mass is 349 g/mol. The highest BCUT2D eigenvalue weighted by Crippen LogP contribution is 2.28. The standard InChI is InChI=1S/C16H19N3O4S/c1-12-6-4-5-7-13(12)11-18(3)24(22,23)14-8-9-15(17-2)16(10-14)19(20)21/h4-10,17H,11H2,1-3H3. The van der Waals surface area contributed by atoms with Crippen molar-refractivity contribution in [2.75, 3.05) is 19.4 Å². The zero-order valence-corrected chi connectivity index (χ0v) is 14.5. The van der Waals surface area contributed by atoms with Crippen LogP contribution in [0, 0.1) is 17.0 Å². The maximum Gasteiger partial charge on any atom is 0.293 e. The molecule has 0 heterocycles. The number of rotatable bonds is 6. The summed E-state index contributed by atoms with van der Waals surface area (Å²) in [6, 6.07) is 11.3. The minimum atomic E-state index is -3.83. The predicted octanol–water partition coefficient (Wildman–Crippen LogP) is 2.77. The van der Waals surface area contributed by atoms with Crippen LogP contribution in [-0.2, 0) is 16.6 Å². The fraction of sp³-hybridized carbons (Fsp3) is 0.250. The molecule has 7 nitrogen and oxygen atoms in total. The third-order valence-electron chi connectivity index (χ3n) is 3.80. The van der Waals surface area contributed by atoms with Gasteiger partial charge in [0, 0.05) is 26.7 Å². The Morgan fingerprint density at radius 1 is 1.21 bits per heavy atom. The summed E-state index contributed by atoms with van der Waals surface area (Å²) in [7, 11) is -0.833. The Bertz CT molecular complexity index is 865. The van der Waals surface area contributed by atoms with Crippen LogP contribution in [0.5, 0.6) is 0 Å². The fourth-order valence-corrected chi connectivity index (χ4v) is 3.50. The van der Waals surface area contributed by atoms with E-state index in [-0.39, 0.29) is 22.8 Å². The van der Waals surface area contributed by atoms with E-state index in [1.165, 1.54) is 23.5 Å². The maximum atomic E-state index is 12.7. The van der Waals surface area contributed by atoms with Crippen molar-refractivity contribution in [1.82, 2.24) is 4.31 Å². The highest BCUT2D eigenvalue weighted by molar-refractivity contribution is 7.89. The van der Waals surface area contributed by atoms with Crippen molar-refractivity contribution in [3.8, 4) is 0 Å². The van der Waals surface area contributed by atoms with Gasteiger partial charge in [-0.3, -0.25) is 10.1 Å². The Morgan fingerprint density at radius 3 is 2.46 bits per heavy atom. The number of hydrogen-bond donors (Lipinski definition) is 1. The second-order valence-electron chi connectivity index (χ2n) is 5.37. The minimum absolute atomic E-state index is 0.107. The summed E-state index contributed by atoms with van der Waals surface area (Å²) >= 11 is 0. The van der Waals surface area contributed by atoms with Gasteiger partial charge in [-0.05, 0) is 30.2 Å². The molecule has 1 N–H and O–H groups in total. The van der Waals surface area contributed by atoms with E-state index >= 15 is 0 Å². The van der Waals surface area contributed by atoms with Gasteiger partial charge in [0.05, 0.1) is 9.82 Å². The molecule has 0 radical (unpaired) electrons. The van der Waals surface area contributed by atoms with Crippen molar-refractivity contribution < 1.29 is 13.3 Å². The van der Waals surface area contributed by atoms with Crippen molar-refractivity contribution in [3.05, 3.63) is 63.7 Å². The minimum Gasteiger partial charge on any atom is -0.383 e. The van der Waals surface area contributed by atoms with Crippen LogP contribution < -0.4 is 5.32 Å². The van der Waals surface area contributed by atoms with Crippen LogP contribution >= 0.6 is 0 Å². The molecule has 0 saturated carbocycles. The normalized spacial score (nSPS) is 11.5. The first kappa shape index (κ1) is 17.9. The van der Waals surface area contributed by atoms with Crippen LogP contribution in [-0.4, -0.2) is 31.7 Å². The molecule has 2 rings (SSSR count). The molecule has 0 aliphatic carbocycles. The number of anilines is 1. The molecule has 128 valence electrons. The SMILES string of the molecule is CNc1ccc(S(=O)(=O)N(C)Cc2ccccc2C)cc1[N+](=O)[O-].